The van der Waals surface area contributed by atoms with Crippen LogP contribution in [0, 0.1) is 0 Å². The van der Waals surface area contributed by atoms with Gasteiger partial charge in [-0.1, -0.05) is 60.7 Å². The molecule has 1 amide bonds. The number of carbonyl (C=O) groups excluding carboxylic acids is 1. The van der Waals surface area contributed by atoms with E-state index in [4.69, 9.17) is 5.73 Å². The van der Waals surface area contributed by atoms with Crippen LogP contribution in [0.15, 0.2) is 60.7 Å². The number of likely N-dealkylation sites (tertiary alicyclic amines) is 1. The molecular weight excluding hydrogens is 284 g/mol. The first kappa shape index (κ1) is 15.8. The smallest absolute Gasteiger partial charge is 0.246 e. The van der Waals surface area contributed by atoms with Crippen LogP contribution in [0.25, 0.3) is 0 Å². The summed E-state index contributed by atoms with van der Waals surface area (Å²) in [5.74, 6) is 0.566. The van der Waals surface area contributed by atoms with Crippen LogP contribution < -0.4 is 5.73 Å². The van der Waals surface area contributed by atoms with Crippen molar-refractivity contribution in [1.29, 1.82) is 0 Å². The summed E-state index contributed by atoms with van der Waals surface area (Å²) in [7, 11) is 0. The van der Waals surface area contributed by atoms with Crippen molar-refractivity contribution in [3.05, 3.63) is 71.8 Å². The Kier molecular flexibility index (Phi) is 4.49. The molecule has 2 aromatic rings. The van der Waals surface area contributed by atoms with Crippen LogP contribution in [0.3, 0.4) is 0 Å². The Morgan fingerprint density at radius 3 is 2.09 bits per heavy atom. The number of hydrogen-bond donors (Lipinski definition) is 1. The van der Waals surface area contributed by atoms with Crippen LogP contribution in [0.4, 0.5) is 0 Å². The molecule has 0 radical (unpaired) electrons. The molecule has 1 aliphatic heterocycles. The maximum Gasteiger partial charge on any atom is 0.246 e. The van der Waals surface area contributed by atoms with Crippen molar-refractivity contribution in [3.63, 3.8) is 0 Å². The van der Waals surface area contributed by atoms with Crippen molar-refractivity contribution in [2.24, 2.45) is 5.73 Å². The van der Waals surface area contributed by atoms with Gasteiger partial charge in [0.1, 0.15) is 5.54 Å². The number of benzene rings is 2. The summed E-state index contributed by atoms with van der Waals surface area (Å²) >= 11 is 0. The van der Waals surface area contributed by atoms with Gasteiger partial charge in [0.15, 0.2) is 0 Å². The minimum Gasteiger partial charge on any atom is -0.341 e. The zero-order valence-electron chi connectivity index (χ0n) is 13.6. The van der Waals surface area contributed by atoms with Crippen molar-refractivity contribution in [2.45, 2.75) is 31.2 Å². The van der Waals surface area contributed by atoms with E-state index in [0.29, 0.717) is 5.92 Å². The number of carbonyl (C=O) groups is 1. The zero-order chi connectivity index (χ0) is 16.3. The lowest BCUT2D eigenvalue weighted by atomic mass is 9.87. The molecule has 120 valence electrons. The fourth-order valence-electron chi connectivity index (χ4n) is 3.38. The average Bonchev–Trinajstić information content (AvgIpc) is 2.63. The fraction of sp³-hybridized carbons (Fsp3) is 0.350. The molecule has 0 saturated carbocycles. The van der Waals surface area contributed by atoms with E-state index in [1.165, 1.54) is 5.56 Å². The third-order valence-electron chi connectivity index (χ3n) is 4.87. The predicted molar refractivity (Wildman–Crippen MR) is 93.0 cm³/mol. The Hall–Kier alpha value is -2.13. The van der Waals surface area contributed by atoms with E-state index in [1.807, 2.05) is 48.2 Å². The topological polar surface area (TPSA) is 46.3 Å². The van der Waals surface area contributed by atoms with E-state index in [0.717, 1.165) is 31.5 Å². The molecule has 2 aromatic carbocycles. The summed E-state index contributed by atoms with van der Waals surface area (Å²) in [6.07, 6.45) is 2.00. The lowest BCUT2D eigenvalue weighted by Crippen LogP contribution is -2.52. The van der Waals surface area contributed by atoms with Gasteiger partial charge in [-0.2, -0.15) is 0 Å². The molecule has 1 heterocycles. The third kappa shape index (κ3) is 3.30. The largest absolute Gasteiger partial charge is 0.341 e. The number of hydrogen-bond acceptors (Lipinski definition) is 2. The zero-order valence-corrected chi connectivity index (χ0v) is 13.6. The summed E-state index contributed by atoms with van der Waals surface area (Å²) in [6.45, 7) is 3.37. The minimum absolute atomic E-state index is 0.0233. The maximum atomic E-state index is 12.9. The normalized spacial score (nSPS) is 18.4. The standard InChI is InChI=1S/C20H24N2O/c1-20(21,18-10-6-3-7-11-18)19(23)22-14-12-17(13-15-22)16-8-4-2-5-9-16/h2-11,17H,12-15,21H2,1H3. The van der Waals surface area contributed by atoms with Crippen LogP contribution >= 0.6 is 0 Å². The van der Waals surface area contributed by atoms with Gasteiger partial charge in [0.05, 0.1) is 0 Å². The summed E-state index contributed by atoms with van der Waals surface area (Å²) in [5, 5.41) is 0. The molecule has 3 rings (SSSR count). The minimum atomic E-state index is -0.957. The van der Waals surface area contributed by atoms with E-state index in [9.17, 15) is 4.79 Å². The second-order valence-electron chi connectivity index (χ2n) is 6.55. The average molecular weight is 308 g/mol. The highest BCUT2D eigenvalue weighted by Gasteiger charge is 2.36. The van der Waals surface area contributed by atoms with Crippen LogP contribution in [0.2, 0.25) is 0 Å². The molecule has 1 unspecified atom stereocenters. The van der Waals surface area contributed by atoms with Crippen molar-refractivity contribution in [1.82, 2.24) is 4.90 Å². The molecule has 1 aliphatic rings. The molecule has 0 aromatic heterocycles. The molecule has 0 spiro atoms. The van der Waals surface area contributed by atoms with Gasteiger partial charge in [-0.05, 0) is 36.8 Å². The van der Waals surface area contributed by atoms with E-state index in [1.54, 1.807) is 0 Å². The second kappa shape index (κ2) is 6.55. The molecule has 0 bridgehead atoms. The summed E-state index contributed by atoms with van der Waals surface area (Å²) < 4.78 is 0. The monoisotopic (exact) mass is 308 g/mol. The van der Waals surface area contributed by atoms with E-state index in [-0.39, 0.29) is 5.91 Å². The molecule has 0 aliphatic carbocycles. The van der Waals surface area contributed by atoms with Gasteiger partial charge in [0, 0.05) is 13.1 Å². The van der Waals surface area contributed by atoms with Crippen LogP contribution in [0.1, 0.15) is 36.8 Å². The molecule has 23 heavy (non-hydrogen) atoms. The quantitative estimate of drug-likeness (QED) is 0.946. The molecular formula is C20H24N2O. The van der Waals surface area contributed by atoms with Gasteiger partial charge in [0.25, 0.3) is 0 Å². The van der Waals surface area contributed by atoms with Gasteiger partial charge < -0.3 is 10.6 Å². The molecule has 2 N–H and O–H groups in total. The number of piperidine rings is 1. The third-order valence-corrected chi connectivity index (χ3v) is 4.87. The van der Waals surface area contributed by atoms with Gasteiger partial charge >= 0.3 is 0 Å². The van der Waals surface area contributed by atoms with Crippen LogP contribution in [0.5, 0.6) is 0 Å². The van der Waals surface area contributed by atoms with Gasteiger partial charge in [-0.25, -0.2) is 0 Å². The van der Waals surface area contributed by atoms with Gasteiger partial charge in [0.2, 0.25) is 5.91 Å². The summed E-state index contributed by atoms with van der Waals surface area (Å²) in [6, 6.07) is 20.2. The Morgan fingerprint density at radius 1 is 1.00 bits per heavy atom. The maximum absolute atomic E-state index is 12.9. The Morgan fingerprint density at radius 2 is 1.52 bits per heavy atom. The SMILES string of the molecule is CC(N)(C(=O)N1CCC(c2ccccc2)CC1)c1ccccc1. The second-order valence-corrected chi connectivity index (χ2v) is 6.55. The van der Waals surface area contributed by atoms with Gasteiger partial charge in [-0.15, -0.1) is 0 Å². The highest BCUT2D eigenvalue weighted by molar-refractivity contribution is 5.87. The van der Waals surface area contributed by atoms with E-state index < -0.39 is 5.54 Å². The van der Waals surface area contributed by atoms with Crippen molar-refractivity contribution >= 4 is 5.91 Å². The summed E-state index contributed by atoms with van der Waals surface area (Å²) in [4.78, 5) is 14.8. The first-order valence-electron chi connectivity index (χ1n) is 8.28. The van der Waals surface area contributed by atoms with Crippen LogP contribution in [-0.4, -0.2) is 23.9 Å². The Balaban J connectivity index is 1.67. The molecule has 1 saturated heterocycles. The van der Waals surface area contributed by atoms with Crippen molar-refractivity contribution in [2.75, 3.05) is 13.1 Å². The molecule has 3 heteroatoms. The molecule has 1 fully saturated rings. The van der Waals surface area contributed by atoms with Crippen molar-refractivity contribution in [3.8, 4) is 0 Å². The first-order chi connectivity index (χ1) is 11.1. The van der Waals surface area contributed by atoms with E-state index >= 15 is 0 Å². The lowest BCUT2D eigenvalue weighted by Gasteiger charge is -2.37. The molecule has 1 atom stereocenters. The highest BCUT2D eigenvalue weighted by Crippen LogP contribution is 2.30. The highest BCUT2D eigenvalue weighted by atomic mass is 16.2. The summed E-state index contributed by atoms with van der Waals surface area (Å²) in [5.41, 5.74) is 7.65. The Labute approximate surface area is 138 Å². The predicted octanol–water partition coefficient (Wildman–Crippen LogP) is 3.27. The lowest BCUT2D eigenvalue weighted by molar-refractivity contribution is -0.137. The van der Waals surface area contributed by atoms with Crippen LogP contribution in [-0.2, 0) is 10.3 Å². The fourth-order valence-corrected chi connectivity index (χ4v) is 3.38. The van der Waals surface area contributed by atoms with Gasteiger partial charge in [-0.3, -0.25) is 4.79 Å². The molecule has 3 nitrogen and oxygen atoms in total. The number of rotatable bonds is 3. The Bertz CT molecular complexity index is 644. The van der Waals surface area contributed by atoms with E-state index in [2.05, 4.69) is 24.3 Å². The van der Waals surface area contributed by atoms with Crippen molar-refractivity contribution < 1.29 is 4.79 Å². The number of nitrogens with two attached hydrogens (primary N) is 1. The number of amides is 1. The number of nitrogens with zero attached hydrogens (tertiary/aromatic N) is 1. The first-order valence-corrected chi connectivity index (χ1v) is 8.28.